The average Bonchev–Trinajstić information content (AvgIpc) is 3.57. The minimum Gasteiger partial charge on any atom is -0.459 e. The fraction of sp³-hybridized carbons (Fsp3) is 0.435. The molecule has 4 aromatic rings. The summed E-state index contributed by atoms with van der Waals surface area (Å²) in [5.41, 5.74) is 1.98. The number of hydrogen-bond donors (Lipinski definition) is 0. The van der Waals surface area contributed by atoms with Gasteiger partial charge in [0, 0.05) is 37.0 Å². The third-order valence-corrected chi connectivity index (χ3v) is 8.18. The summed E-state index contributed by atoms with van der Waals surface area (Å²) in [6, 6.07) is 3.36. The topological polar surface area (TPSA) is 96.8 Å². The van der Waals surface area contributed by atoms with Crippen LogP contribution < -0.4 is 0 Å². The molecule has 34 heavy (non-hydrogen) atoms. The van der Waals surface area contributed by atoms with Gasteiger partial charge in [0.25, 0.3) is 5.91 Å². The maximum absolute atomic E-state index is 12.9. The molecule has 5 rings (SSSR count). The van der Waals surface area contributed by atoms with E-state index in [2.05, 4.69) is 37.9 Å². The van der Waals surface area contributed by atoms with Gasteiger partial charge in [-0.1, -0.05) is 25.6 Å². The second kappa shape index (κ2) is 9.03. The van der Waals surface area contributed by atoms with Crippen molar-refractivity contribution in [2.75, 3.05) is 31.9 Å². The Hall–Kier alpha value is -2.92. The van der Waals surface area contributed by atoms with E-state index in [1.54, 1.807) is 33.3 Å². The average molecular weight is 499 g/mol. The molecule has 1 aliphatic rings. The fourth-order valence-electron chi connectivity index (χ4n) is 4.16. The van der Waals surface area contributed by atoms with E-state index in [9.17, 15) is 9.59 Å². The first-order valence-corrected chi connectivity index (χ1v) is 13.0. The Kier molecular flexibility index (Phi) is 6.07. The van der Waals surface area contributed by atoms with Crippen molar-refractivity contribution in [1.29, 1.82) is 0 Å². The highest BCUT2D eigenvalue weighted by Crippen LogP contribution is 2.34. The maximum atomic E-state index is 12.9. The minimum atomic E-state index is -0.139. The monoisotopic (exact) mass is 498 g/mol. The molecule has 0 saturated carbocycles. The van der Waals surface area contributed by atoms with Gasteiger partial charge >= 0.3 is 0 Å². The van der Waals surface area contributed by atoms with E-state index >= 15 is 0 Å². The number of thioether (sulfide) groups is 1. The van der Waals surface area contributed by atoms with Gasteiger partial charge in [0.1, 0.15) is 10.7 Å². The van der Waals surface area contributed by atoms with Gasteiger partial charge in [0.2, 0.25) is 5.91 Å². The van der Waals surface area contributed by atoms with E-state index in [1.807, 2.05) is 4.40 Å². The molecule has 0 N–H and O–H groups in total. The predicted octanol–water partition coefficient (Wildman–Crippen LogP) is 3.75. The molecule has 0 radical (unpaired) electrons. The summed E-state index contributed by atoms with van der Waals surface area (Å²) in [6.07, 6.45) is 1.49. The maximum Gasteiger partial charge on any atom is 0.289 e. The minimum absolute atomic E-state index is 0.0227. The molecule has 0 atom stereocenters. The Morgan fingerprint density at radius 3 is 2.56 bits per heavy atom. The first-order valence-electron chi connectivity index (χ1n) is 11.2. The highest BCUT2D eigenvalue weighted by molar-refractivity contribution is 7.99. The summed E-state index contributed by atoms with van der Waals surface area (Å²) < 4.78 is 7.21. The van der Waals surface area contributed by atoms with Crippen molar-refractivity contribution in [1.82, 2.24) is 29.4 Å². The highest BCUT2D eigenvalue weighted by Gasteiger charge is 2.27. The number of aryl methyl sites for hydroxylation is 2. The van der Waals surface area contributed by atoms with Gasteiger partial charge in [0.15, 0.2) is 16.6 Å². The molecule has 5 heterocycles. The van der Waals surface area contributed by atoms with Crippen LogP contribution in [0.5, 0.6) is 0 Å². The number of aromatic nitrogens is 4. The van der Waals surface area contributed by atoms with Crippen LogP contribution in [0.15, 0.2) is 28.0 Å². The number of nitrogens with zero attached hydrogens (tertiary/aromatic N) is 6. The van der Waals surface area contributed by atoms with Gasteiger partial charge in [-0.3, -0.25) is 14.0 Å². The summed E-state index contributed by atoms with van der Waals surface area (Å²) in [5, 5.41) is 10.6. The lowest BCUT2D eigenvalue weighted by Crippen LogP contribution is -2.51. The fourth-order valence-corrected chi connectivity index (χ4v) is 6.03. The van der Waals surface area contributed by atoms with Crippen LogP contribution >= 0.6 is 23.1 Å². The van der Waals surface area contributed by atoms with Crippen molar-refractivity contribution in [2.45, 2.75) is 38.8 Å². The van der Waals surface area contributed by atoms with Crippen molar-refractivity contribution in [2.24, 2.45) is 0 Å². The second-order valence-electron chi connectivity index (χ2n) is 8.67. The van der Waals surface area contributed by atoms with E-state index < -0.39 is 0 Å². The number of carbonyl (C=O) groups is 2. The molecule has 0 aromatic carbocycles. The first kappa shape index (κ1) is 22.9. The predicted molar refractivity (Wildman–Crippen MR) is 132 cm³/mol. The Morgan fingerprint density at radius 1 is 1.15 bits per heavy atom. The molecule has 178 valence electrons. The lowest BCUT2D eigenvalue weighted by Gasteiger charge is -2.34. The van der Waals surface area contributed by atoms with Crippen LogP contribution in [0.4, 0.5) is 0 Å². The Bertz CT molecular complexity index is 1370. The number of amides is 2. The van der Waals surface area contributed by atoms with Crippen LogP contribution in [0, 0.1) is 13.8 Å². The first-order chi connectivity index (χ1) is 16.3. The number of hydrogen-bond acceptors (Lipinski definition) is 8. The molecule has 1 saturated heterocycles. The van der Waals surface area contributed by atoms with Crippen molar-refractivity contribution < 1.29 is 14.0 Å². The number of furan rings is 1. The third kappa shape index (κ3) is 3.96. The number of thiophene rings is 1. The molecule has 11 heteroatoms. The molecule has 0 unspecified atom stereocenters. The number of carbonyl (C=O) groups excluding carboxylic acids is 2. The van der Waals surface area contributed by atoms with E-state index in [4.69, 9.17) is 9.40 Å². The van der Waals surface area contributed by atoms with Crippen molar-refractivity contribution >= 4 is 50.8 Å². The molecule has 4 aromatic heterocycles. The SMILES string of the molecule is Cc1sc2nc(C(C)C)n3c(SCC(=O)N4CCN(C(=O)c5ccco5)CC4)nnc3c2c1C. The molecule has 0 aliphatic carbocycles. The summed E-state index contributed by atoms with van der Waals surface area (Å²) in [5.74, 6) is 1.54. The zero-order valence-electron chi connectivity index (χ0n) is 19.6. The summed E-state index contributed by atoms with van der Waals surface area (Å²) in [7, 11) is 0. The van der Waals surface area contributed by atoms with E-state index in [1.165, 1.54) is 28.5 Å². The van der Waals surface area contributed by atoms with Crippen LogP contribution in [0.25, 0.3) is 15.9 Å². The number of piperazine rings is 1. The van der Waals surface area contributed by atoms with Crippen LogP contribution in [-0.4, -0.2) is 73.1 Å². The lowest BCUT2D eigenvalue weighted by atomic mass is 10.2. The molecule has 2 amide bonds. The molecular formula is C23H26N6O3S2. The molecule has 0 spiro atoms. The standard InChI is InChI=1S/C23H26N6O3S2/c1-13(2)19-24-21-18(14(3)15(4)34-21)20-25-26-23(29(19)20)33-12-17(30)27-7-9-28(10-8-27)22(31)16-6-5-11-32-16/h5-6,11,13H,7-10,12H2,1-4H3. The van der Waals surface area contributed by atoms with Crippen LogP contribution in [0.3, 0.4) is 0 Å². The Labute approximate surface area is 205 Å². The second-order valence-corrected chi connectivity index (χ2v) is 10.8. The molecule has 0 bridgehead atoms. The van der Waals surface area contributed by atoms with E-state index in [-0.39, 0.29) is 23.5 Å². The van der Waals surface area contributed by atoms with Crippen LogP contribution in [0.2, 0.25) is 0 Å². The summed E-state index contributed by atoms with van der Waals surface area (Å²) in [4.78, 5) is 36.0. The van der Waals surface area contributed by atoms with E-state index in [0.717, 1.165) is 21.7 Å². The van der Waals surface area contributed by atoms with Gasteiger partial charge in [-0.15, -0.1) is 21.5 Å². The quantitative estimate of drug-likeness (QED) is 0.387. The van der Waals surface area contributed by atoms with Gasteiger partial charge in [0.05, 0.1) is 17.4 Å². The Balaban J connectivity index is 1.30. The van der Waals surface area contributed by atoms with Crippen molar-refractivity contribution in [3.8, 4) is 0 Å². The van der Waals surface area contributed by atoms with Gasteiger partial charge in [-0.25, -0.2) is 4.98 Å². The van der Waals surface area contributed by atoms with Crippen molar-refractivity contribution in [3.63, 3.8) is 0 Å². The Morgan fingerprint density at radius 2 is 1.88 bits per heavy atom. The normalized spacial score (nSPS) is 14.6. The molecule has 1 aliphatic heterocycles. The largest absolute Gasteiger partial charge is 0.459 e. The van der Waals surface area contributed by atoms with Gasteiger partial charge in [-0.2, -0.15) is 0 Å². The zero-order valence-corrected chi connectivity index (χ0v) is 21.2. The van der Waals surface area contributed by atoms with Gasteiger partial charge < -0.3 is 14.2 Å². The van der Waals surface area contributed by atoms with E-state index in [0.29, 0.717) is 37.1 Å². The number of fused-ring (bicyclic) bond motifs is 3. The molecule has 9 nitrogen and oxygen atoms in total. The highest BCUT2D eigenvalue weighted by atomic mass is 32.2. The van der Waals surface area contributed by atoms with Crippen LogP contribution in [0.1, 0.15) is 46.6 Å². The zero-order chi connectivity index (χ0) is 24.0. The molecule has 1 fully saturated rings. The molecular weight excluding hydrogens is 472 g/mol. The third-order valence-electron chi connectivity index (χ3n) is 6.16. The lowest BCUT2D eigenvalue weighted by molar-refractivity contribution is -0.129. The smallest absolute Gasteiger partial charge is 0.289 e. The van der Waals surface area contributed by atoms with Gasteiger partial charge in [-0.05, 0) is 31.5 Å². The summed E-state index contributed by atoms with van der Waals surface area (Å²) >= 11 is 3.06. The van der Waals surface area contributed by atoms with Crippen molar-refractivity contribution in [3.05, 3.63) is 40.4 Å². The van der Waals surface area contributed by atoms with Crippen LogP contribution in [-0.2, 0) is 4.79 Å². The summed E-state index contributed by atoms with van der Waals surface area (Å²) in [6.45, 7) is 10.4. The number of rotatable bonds is 5.